The minimum atomic E-state index is -0.497. The summed E-state index contributed by atoms with van der Waals surface area (Å²) in [4.78, 5) is 19.2. The van der Waals surface area contributed by atoms with Crippen LogP contribution in [0.15, 0.2) is 48.5 Å². The van der Waals surface area contributed by atoms with Gasteiger partial charge in [0.2, 0.25) is 5.95 Å². The molecule has 1 atom stereocenters. The number of aromatic nitrogens is 2. The first-order chi connectivity index (χ1) is 14.8. The Kier molecular flexibility index (Phi) is 6.10. The summed E-state index contributed by atoms with van der Waals surface area (Å²) in [6.45, 7) is 7.69. The molecule has 0 saturated carbocycles. The van der Waals surface area contributed by atoms with Crippen molar-refractivity contribution in [1.29, 1.82) is 0 Å². The minimum absolute atomic E-state index is 0.0780. The first-order valence-corrected chi connectivity index (χ1v) is 11.1. The second-order valence-corrected chi connectivity index (χ2v) is 9.43. The van der Waals surface area contributed by atoms with Crippen LogP contribution in [0.3, 0.4) is 0 Å². The molecular weight excluding hydrogens is 412 g/mol. The number of carbonyl (C=O) groups is 1. The van der Waals surface area contributed by atoms with Crippen LogP contribution < -0.4 is 5.32 Å². The Labute approximate surface area is 188 Å². The van der Waals surface area contributed by atoms with Crippen LogP contribution in [-0.4, -0.2) is 45.3 Å². The number of para-hydroxylation sites is 2. The smallest absolute Gasteiger partial charge is 0.410 e. The summed E-state index contributed by atoms with van der Waals surface area (Å²) in [5.74, 6) is 0.789. The molecule has 1 saturated heterocycles. The van der Waals surface area contributed by atoms with Crippen molar-refractivity contribution in [1.82, 2.24) is 14.5 Å². The molecule has 7 heteroatoms. The van der Waals surface area contributed by atoms with Gasteiger partial charge in [0.25, 0.3) is 0 Å². The van der Waals surface area contributed by atoms with Gasteiger partial charge in [-0.15, -0.1) is 0 Å². The lowest BCUT2D eigenvalue weighted by Crippen LogP contribution is -2.42. The first-order valence-electron chi connectivity index (χ1n) is 10.7. The summed E-state index contributed by atoms with van der Waals surface area (Å²) in [5.41, 5.74) is 2.60. The highest BCUT2D eigenvalue weighted by molar-refractivity contribution is 6.30. The SMILES string of the molecule is CC(C)(C)OC(=O)N1CCCC1CNc1nc2ccccc2n1Cc1cccc(Cl)c1. The Morgan fingerprint density at radius 2 is 2.03 bits per heavy atom. The molecule has 164 valence electrons. The minimum Gasteiger partial charge on any atom is -0.444 e. The third-order valence-corrected chi connectivity index (χ3v) is 5.62. The van der Waals surface area contributed by atoms with E-state index < -0.39 is 5.60 Å². The van der Waals surface area contributed by atoms with Gasteiger partial charge in [-0.2, -0.15) is 0 Å². The van der Waals surface area contributed by atoms with Crippen LogP contribution in [0.25, 0.3) is 11.0 Å². The van der Waals surface area contributed by atoms with Gasteiger partial charge in [0, 0.05) is 18.1 Å². The predicted octanol–water partition coefficient (Wildman–Crippen LogP) is 5.55. The molecule has 2 aromatic carbocycles. The van der Waals surface area contributed by atoms with Gasteiger partial charge >= 0.3 is 6.09 Å². The van der Waals surface area contributed by atoms with Crippen molar-refractivity contribution in [2.45, 2.75) is 51.8 Å². The van der Waals surface area contributed by atoms with Crippen LogP contribution in [-0.2, 0) is 11.3 Å². The van der Waals surface area contributed by atoms with Crippen LogP contribution in [0.4, 0.5) is 10.7 Å². The van der Waals surface area contributed by atoms with Crippen molar-refractivity contribution in [2.24, 2.45) is 0 Å². The molecule has 0 spiro atoms. The zero-order valence-electron chi connectivity index (χ0n) is 18.3. The molecule has 1 fully saturated rings. The highest BCUT2D eigenvalue weighted by Crippen LogP contribution is 2.25. The van der Waals surface area contributed by atoms with E-state index in [9.17, 15) is 4.79 Å². The van der Waals surface area contributed by atoms with Crippen LogP contribution in [0.1, 0.15) is 39.2 Å². The molecule has 31 heavy (non-hydrogen) atoms. The number of anilines is 1. The number of nitrogens with zero attached hydrogens (tertiary/aromatic N) is 3. The quantitative estimate of drug-likeness (QED) is 0.565. The van der Waals surface area contributed by atoms with E-state index in [2.05, 4.69) is 22.0 Å². The van der Waals surface area contributed by atoms with Gasteiger partial charge in [0.05, 0.1) is 23.6 Å². The molecule has 6 nitrogen and oxygen atoms in total. The zero-order valence-corrected chi connectivity index (χ0v) is 19.0. The Bertz CT molecular complexity index is 1070. The number of amides is 1. The summed E-state index contributed by atoms with van der Waals surface area (Å²) in [6, 6.07) is 16.0. The van der Waals surface area contributed by atoms with Crippen molar-refractivity contribution in [3.63, 3.8) is 0 Å². The fraction of sp³-hybridized carbons (Fsp3) is 0.417. The Balaban J connectivity index is 1.53. The Morgan fingerprint density at radius 1 is 1.23 bits per heavy atom. The molecule has 4 rings (SSSR count). The van der Waals surface area contributed by atoms with E-state index in [1.54, 1.807) is 0 Å². The van der Waals surface area contributed by atoms with Crippen LogP contribution in [0.5, 0.6) is 0 Å². The summed E-state index contributed by atoms with van der Waals surface area (Å²) < 4.78 is 7.75. The van der Waals surface area contributed by atoms with E-state index >= 15 is 0 Å². The highest BCUT2D eigenvalue weighted by atomic mass is 35.5. The third-order valence-electron chi connectivity index (χ3n) is 5.39. The lowest BCUT2D eigenvalue weighted by atomic mass is 10.2. The van der Waals surface area contributed by atoms with Crippen LogP contribution in [0.2, 0.25) is 5.02 Å². The van der Waals surface area contributed by atoms with Gasteiger partial charge in [-0.1, -0.05) is 35.9 Å². The molecule has 1 N–H and O–H groups in total. The van der Waals surface area contributed by atoms with Crippen molar-refractivity contribution < 1.29 is 9.53 Å². The average Bonchev–Trinajstić information content (AvgIpc) is 3.30. The maximum atomic E-state index is 12.6. The maximum absolute atomic E-state index is 12.6. The molecular formula is C24H29ClN4O2. The molecule has 0 radical (unpaired) electrons. The number of likely N-dealkylation sites (tertiary alicyclic amines) is 1. The monoisotopic (exact) mass is 440 g/mol. The first kappa shape index (κ1) is 21.5. The summed E-state index contributed by atoms with van der Waals surface area (Å²) >= 11 is 6.19. The molecule has 1 aliphatic heterocycles. The van der Waals surface area contributed by atoms with Gasteiger partial charge in [-0.3, -0.25) is 0 Å². The molecule has 1 unspecified atom stereocenters. The van der Waals surface area contributed by atoms with Crippen LogP contribution >= 0.6 is 11.6 Å². The van der Waals surface area contributed by atoms with Crippen molar-refractivity contribution in [3.8, 4) is 0 Å². The topological polar surface area (TPSA) is 59.4 Å². The molecule has 0 bridgehead atoms. The normalized spacial score (nSPS) is 16.6. The number of carbonyl (C=O) groups excluding carboxylic acids is 1. The largest absolute Gasteiger partial charge is 0.444 e. The van der Waals surface area contributed by atoms with Gasteiger partial charge < -0.3 is 19.5 Å². The number of fused-ring (bicyclic) bond motifs is 1. The number of benzene rings is 2. The van der Waals surface area contributed by atoms with Gasteiger partial charge in [-0.05, 0) is 63.4 Å². The van der Waals surface area contributed by atoms with Gasteiger partial charge in [0.15, 0.2) is 0 Å². The summed E-state index contributed by atoms with van der Waals surface area (Å²) in [7, 11) is 0. The van der Waals surface area contributed by atoms with E-state index in [0.717, 1.165) is 47.0 Å². The van der Waals surface area contributed by atoms with E-state index in [1.807, 2.05) is 62.1 Å². The van der Waals surface area contributed by atoms with Gasteiger partial charge in [-0.25, -0.2) is 9.78 Å². The van der Waals surface area contributed by atoms with Crippen molar-refractivity contribution in [2.75, 3.05) is 18.4 Å². The lowest BCUT2D eigenvalue weighted by Gasteiger charge is -2.28. The number of hydrogen-bond donors (Lipinski definition) is 1. The molecule has 2 heterocycles. The fourth-order valence-corrected chi connectivity index (χ4v) is 4.22. The summed E-state index contributed by atoms with van der Waals surface area (Å²) in [6.07, 6.45) is 1.68. The van der Waals surface area contributed by atoms with Gasteiger partial charge in [0.1, 0.15) is 5.60 Å². The van der Waals surface area contributed by atoms with E-state index in [0.29, 0.717) is 13.1 Å². The zero-order chi connectivity index (χ0) is 22.0. The van der Waals surface area contributed by atoms with Crippen LogP contribution in [0, 0.1) is 0 Å². The fourth-order valence-electron chi connectivity index (χ4n) is 4.01. The predicted molar refractivity (Wildman–Crippen MR) is 125 cm³/mol. The molecule has 0 aliphatic carbocycles. The van der Waals surface area contributed by atoms with E-state index in [-0.39, 0.29) is 12.1 Å². The average molecular weight is 441 g/mol. The number of hydrogen-bond acceptors (Lipinski definition) is 4. The molecule has 1 aromatic heterocycles. The number of nitrogens with one attached hydrogen (secondary N) is 1. The van der Waals surface area contributed by atoms with Crippen molar-refractivity contribution >= 4 is 34.7 Å². The number of halogens is 1. The lowest BCUT2D eigenvalue weighted by molar-refractivity contribution is 0.0235. The van der Waals surface area contributed by atoms with Crippen molar-refractivity contribution in [3.05, 3.63) is 59.1 Å². The highest BCUT2D eigenvalue weighted by Gasteiger charge is 2.32. The standard InChI is InChI=1S/C24H29ClN4O2/c1-24(2,3)31-23(30)28-13-7-10-19(28)15-26-22-27-20-11-4-5-12-21(20)29(22)16-17-8-6-9-18(25)14-17/h4-6,8-9,11-12,14,19H,7,10,13,15-16H2,1-3H3,(H,26,27). The number of ether oxygens (including phenoxy) is 1. The maximum Gasteiger partial charge on any atom is 0.410 e. The number of rotatable bonds is 5. The molecule has 3 aromatic rings. The second-order valence-electron chi connectivity index (χ2n) is 8.99. The van der Waals surface area contributed by atoms with E-state index in [1.165, 1.54) is 0 Å². The molecule has 1 aliphatic rings. The second kappa shape index (κ2) is 8.79. The number of imidazole rings is 1. The Morgan fingerprint density at radius 3 is 2.81 bits per heavy atom. The molecule has 1 amide bonds. The Hall–Kier alpha value is -2.73. The third kappa shape index (κ3) is 5.13. The van der Waals surface area contributed by atoms with E-state index in [4.69, 9.17) is 21.3 Å². The summed E-state index contributed by atoms with van der Waals surface area (Å²) in [5, 5.41) is 4.21.